The topological polar surface area (TPSA) is 70.7 Å². The van der Waals surface area contributed by atoms with Gasteiger partial charge in [0.15, 0.2) is 11.6 Å². The number of rotatable bonds is 6. The summed E-state index contributed by atoms with van der Waals surface area (Å²) in [5.74, 6) is -1.26. The number of methoxy groups -OCH3 is 1. The molecule has 0 aliphatic heterocycles. The smallest absolute Gasteiger partial charge is 0.405 e. The van der Waals surface area contributed by atoms with Gasteiger partial charge in [0.05, 0.1) is 13.7 Å². The second kappa shape index (κ2) is 8.48. The second-order valence-corrected chi connectivity index (χ2v) is 4.99. The van der Waals surface area contributed by atoms with Gasteiger partial charge in [-0.25, -0.2) is 9.18 Å². The summed E-state index contributed by atoms with van der Waals surface area (Å²) in [7, 11) is 2.87. The van der Waals surface area contributed by atoms with E-state index in [4.69, 9.17) is 4.74 Å². The van der Waals surface area contributed by atoms with Crippen molar-refractivity contribution in [2.45, 2.75) is 12.7 Å². The molecule has 0 atom stereocenters. The number of urea groups is 1. The Morgan fingerprint density at radius 3 is 2.50 bits per heavy atom. The number of likely N-dealkylation sites (N-methyl/N-ethyl adjacent to an activating group) is 1. The number of hydrogen-bond donors (Lipinski definition) is 2. The summed E-state index contributed by atoms with van der Waals surface area (Å²) in [4.78, 5) is 24.2. The van der Waals surface area contributed by atoms with Crippen molar-refractivity contribution in [3.05, 3.63) is 29.6 Å². The molecule has 0 saturated heterocycles. The predicted octanol–water partition coefficient (Wildman–Crippen LogP) is 1.65. The number of ether oxygens (including phenoxy) is 1. The van der Waals surface area contributed by atoms with Crippen LogP contribution in [0, 0.1) is 5.82 Å². The summed E-state index contributed by atoms with van der Waals surface area (Å²) < 4.78 is 54.1. The third-order valence-electron chi connectivity index (χ3n) is 2.78. The Bertz CT molecular complexity index is 593. The fraction of sp³-hybridized carbons (Fsp3) is 0.429. The summed E-state index contributed by atoms with van der Waals surface area (Å²) in [6.45, 7) is -1.60. The third kappa shape index (κ3) is 7.27. The van der Waals surface area contributed by atoms with Crippen molar-refractivity contribution in [2.75, 3.05) is 27.2 Å². The first-order valence-corrected chi connectivity index (χ1v) is 6.76. The Labute approximate surface area is 135 Å². The number of amides is 3. The lowest BCUT2D eigenvalue weighted by atomic mass is 10.2. The largest absolute Gasteiger partial charge is 0.494 e. The minimum absolute atomic E-state index is 0.0838. The van der Waals surface area contributed by atoms with E-state index in [1.807, 2.05) is 0 Å². The Hall–Kier alpha value is -2.36. The van der Waals surface area contributed by atoms with Crippen LogP contribution in [-0.4, -0.2) is 50.3 Å². The van der Waals surface area contributed by atoms with Gasteiger partial charge in [-0.1, -0.05) is 6.07 Å². The van der Waals surface area contributed by atoms with Crippen molar-refractivity contribution >= 4 is 11.9 Å². The zero-order chi connectivity index (χ0) is 18.3. The fourth-order valence-electron chi connectivity index (χ4n) is 1.81. The Morgan fingerprint density at radius 1 is 1.29 bits per heavy atom. The molecule has 6 nitrogen and oxygen atoms in total. The fourth-order valence-corrected chi connectivity index (χ4v) is 1.81. The lowest BCUT2D eigenvalue weighted by Crippen LogP contribution is -2.46. The molecule has 0 heterocycles. The predicted molar refractivity (Wildman–Crippen MR) is 76.9 cm³/mol. The van der Waals surface area contributed by atoms with Crippen molar-refractivity contribution in [1.29, 1.82) is 0 Å². The van der Waals surface area contributed by atoms with E-state index in [-0.39, 0.29) is 18.8 Å². The van der Waals surface area contributed by atoms with E-state index in [0.29, 0.717) is 5.56 Å². The molecule has 0 bridgehead atoms. The first kappa shape index (κ1) is 19.7. The molecule has 24 heavy (non-hydrogen) atoms. The van der Waals surface area contributed by atoms with Gasteiger partial charge in [-0.15, -0.1) is 0 Å². The molecule has 0 fully saturated rings. The van der Waals surface area contributed by atoms with Crippen molar-refractivity contribution in [1.82, 2.24) is 15.5 Å². The van der Waals surface area contributed by atoms with E-state index in [9.17, 15) is 27.2 Å². The molecule has 0 aromatic heterocycles. The van der Waals surface area contributed by atoms with Gasteiger partial charge in [0.2, 0.25) is 5.91 Å². The van der Waals surface area contributed by atoms with Gasteiger partial charge in [-0.2, -0.15) is 13.2 Å². The molecule has 0 aliphatic rings. The Kier molecular flexibility index (Phi) is 6.96. The van der Waals surface area contributed by atoms with Crippen LogP contribution in [0.1, 0.15) is 5.56 Å². The zero-order valence-electron chi connectivity index (χ0n) is 13.0. The minimum atomic E-state index is -4.56. The summed E-state index contributed by atoms with van der Waals surface area (Å²) in [5, 5.41) is 3.29. The maximum atomic E-state index is 13.5. The normalized spacial score (nSPS) is 11.3. The first-order chi connectivity index (χ1) is 11.1. The molecular weight excluding hydrogens is 334 g/mol. The molecule has 0 saturated carbocycles. The summed E-state index contributed by atoms with van der Waals surface area (Å²) in [5.41, 5.74) is 0.560. The average Bonchev–Trinajstić information content (AvgIpc) is 2.44. The number of benzene rings is 1. The Morgan fingerprint density at radius 2 is 1.96 bits per heavy atom. The minimum Gasteiger partial charge on any atom is -0.494 e. The lowest BCUT2D eigenvalue weighted by Gasteiger charge is -2.16. The van der Waals surface area contributed by atoms with Crippen LogP contribution in [0.15, 0.2) is 18.2 Å². The molecule has 0 aliphatic carbocycles. The molecule has 0 spiro atoms. The molecule has 2 N–H and O–H groups in total. The van der Waals surface area contributed by atoms with Crippen LogP contribution in [-0.2, 0) is 11.3 Å². The number of carbonyl (C=O) groups is 2. The van der Waals surface area contributed by atoms with Crippen LogP contribution in [0.2, 0.25) is 0 Å². The highest BCUT2D eigenvalue weighted by molar-refractivity contribution is 5.95. The van der Waals surface area contributed by atoms with Gasteiger partial charge in [0, 0.05) is 6.54 Å². The highest BCUT2D eigenvalue weighted by atomic mass is 19.4. The average molecular weight is 351 g/mol. The highest BCUT2D eigenvalue weighted by Gasteiger charge is 2.28. The number of alkyl halides is 3. The monoisotopic (exact) mass is 351 g/mol. The van der Waals surface area contributed by atoms with E-state index in [2.05, 4.69) is 0 Å². The molecular formula is C14H17F4N3O3. The third-order valence-corrected chi connectivity index (χ3v) is 2.78. The summed E-state index contributed by atoms with van der Waals surface area (Å²) in [6, 6.07) is 3.04. The standard InChI is InChI=1S/C14H17F4N3O3/c1-21(6-9-3-4-11(24-2)10(15)5-9)7-12(22)20-13(23)19-8-14(16,17)18/h3-5H,6-8H2,1-2H3,(H2,19,20,22,23). The molecule has 0 radical (unpaired) electrons. The number of halogens is 4. The van der Waals surface area contributed by atoms with Crippen LogP contribution >= 0.6 is 0 Å². The van der Waals surface area contributed by atoms with Gasteiger partial charge in [-0.3, -0.25) is 15.0 Å². The van der Waals surface area contributed by atoms with E-state index >= 15 is 0 Å². The number of hydrogen-bond acceptors (Lipinski definition) is 4. The maximum absolute atomic E-state index is 13.5. The molecule has 1 rings (SSSR count). The van der Waals surface area contributed by atoms with Crippen LogP contribution in [0.3, 0.4) is 0 Å². The van der Waals surface area contributed by atoms with Crippen LogP contribution < -0.4 is 15.4 Å². The van der Waals surface area contributed by atoms with Gasteiger partial charge in [-0.05, 0) is 24.7 Å². The van der Waals surface area contributed by atoms with Gasteiger partial charge >= 0.3 is 12.2 Å². The van der Waals surface area contributed by atoms with Gasteiger partial charge in [0.25, 0.3) is 0 Å². The molecule has 3 amide bonds. The second-order valence-electron chi connectivity index (χ2n) is 4.99. The van der Waals surface area contributed by atoms with E-state index in [1.165, 1.54) is 36.5 Å². The summed E-state index contributed by atoms with van der Waals surface area (Å²) in [6.07, 6.45) is -4.56. The molecule has 134 valence electrons. The van der Waals surface area contributed by atoms with E-state index in [0.717, 1.165) is 0 Å². The highest BCUT2D eigenvalue weighted by Crippen LogP contribution is 2.18. The quantitative estimate of drug-likeness (QED) is 0.765. The van der Waals surface area contributed by atoms with Gasteiger partial charge in [0.1, 0.15) is 6.54 Å². The first-order valence-electron chi connectivity index (χ1n) is 6.76. The van der Waals surface area contributed by atoms with Crippen LogP contribution in [0.5, 0.6) is 5.75 Å². The molecule has 10 heteroatoms. The van der Waals surface area contributed by atoms with Crippen LogP contribution in [0.25, 0.3) is 0 Å². The number of nitrogens with zero attached hydrogens (tertiary/aromatic N) is 1. The van der Waals surface area contributed by atoms with E-state index < -0.39 is 30.5 Å². The number of carbonyl (C=O) groups excluding carboxylic acids is 2. The van der Waals surface area contributed by atoms with Crippen molar-refractivity contribution in [3.63, 3.8) is 0 Å². The van der Waals surface area contributed by atoms with Crippen molar-refractivity contribution in [2.24, 2.45) is 0 Å². The molecule has 0 unspecified atom stereocenters. The SMILES string of the molecule is COc1ccc(CN(C)CC(=O)NC(=O)NCC(F)(F)F)cc1F. The Balaban J connectivity index is 2.44. The van der Waals surface area contributed by atoms with Crippen LogP contribution in [0.4, 0.5) is 22.4 Å². The zero-order valence-corrected chi connectivity index (χ0v) is 13.0. The van der Waals surface area contributed by atoms with Crippen molar-refractivity contribution in [3.8, 4) is 5.75 Å². The van der Waals surface area contributed by atoms with E-state index in [1.54, 1.807) is 11.4 Å². The molecule has 1 aromatic rings. The number of nitrogens with one attached hydrogen (secondary N) is 2. The molecule has 1 aromatic carbocycles. The van der Waals surface area contributed by atoms with Gasteiger partial charge < -0.3 is 10.1 Å². The lowest BCUT2D eigenvalue weighted by molar-refractivity contribution is -0.125. The summed E-state index contributed by atoms with van der Waals surface area (Å²) >= 11 is 0. The maximum Gasteiger partial charge on any atom is 0.405 e. The van der Waals surface area contributed by atoms with Crippen molar-refractivity contribution < 1.29 is 31.9 Å². The number of imide groups is 1.